The number of nitrogens with zero attached hydrogens (tertiary/aromatic N) is 1. The maximum atomic E-state index is 11.9. The zero-order chi connectivity index (χ0) is 11.9. The SMILES string of the molecule is COC(CN)CCN(C)CCC(F)(F)F. The molecule has 1 atom stereocenters. The van der Waals surface area contributed by atoms with Gasteiger partial charge in [-0.1, -0.05) is 0 Å². The Balaban J connectivity index is 3.61. The number of ether oxygens (including phenoxy) is 1. The zero-order valence-electron chi connectivity index (χ0n) is 9.18. The predicted octanol–water partition coefficient (Wildman–Crippen LogP) is 1.23. The minimum absolute atomic E-state index is 0.0184. The Morgan fingerprint density at radius 3 is 2.33 bits per heavy atom. The van der Waals surface area contributed by atoms with E-state index in [1.54, 1.807) is 19.1 Å². The Hall–Kier alpha value is -0.330. The molecule has 0 aromatic rings. The maximum Gasteiger partial charge on any atom is 0.390 e. The number of nitrogens with two attached hydrogens (primary N) is 1. The number of hydrogen-bond acceptors (Lipinski definition) is 3. The molecule has 15 heavy (non-hydrogen) atoms. The lowest BCUT2D eigenvalue weighted by atomic mass is 10.2. The van der Waals surface area contributed by atoms with Gasteiger partial charge in [-0.05, 0) is 13.5 Å². The molecular formula is C9H19F3N2O. The van der Waals surface area contributed by atoms with E-state index in [4.69, 9.17) is 10.5 Å². The third kappa shape index (κ3) is 8.65. The van der Waals surface area contributed by atoms with Gasteiger partial charge in [0.05, 0.1) is 12.5 Å². The summed E-state index contributed by atoms with van der Waals surface area (Å²) in [5.74, 6) is 0. The van der Waals surface area contributed by atoms with Gasteiger partial charge < -0.3 is 15.4 Å². The van der Waals surface area contributed by atoms with Crippen LogP contribution in [0, 0.1) is 0 Å². The minimum atomic E-state index is -4.08. The average Bonchev–Trinajstić information content (AvgIpc) is 2.15. The summed E-state index contributed by atoms with van der Waals surface area (Å²) >= 11 is 0. The van der Waals surface area contributed by atoms with Gasteiger partial charge in [-0.3, -0.25) is 0 Å². The van der Waals surface area contributed by atoms with Crippen molar-refractivity contribution in [2.75, 3.05) is 33.8 Å². The smallest absolute Gasteiger partial charge is 0.380 e. The Morgan fingerprint density at radius 2 is 1.93 bits per heavy atom. The van der Waals surface area contributed by atoms with Gasteiger partial charge in [-0.2, -0.15) is 13.2 Å². The van der Waals surface area contributed by atoms with Gasteiger partial charge in [-0.15, -0.1) is 0 Å². The normalized spacial score (nSPS) is 14.6. The van der Waals surface area contributed by atoms with Crippen LogP contribution in [0.25, 0.3) is 0 Å². The third-order valence-corrected chi connectivity index (χ3v) is 2.21. The molecule has 3 nitrogen and oxygen atoms in total. The lowest BCUT2D eigenvalue weighted by Crippen LogP contribution is -2.30. The highest BCUT2D eigenvalue weighted by molar-refractivity contribution is 4.63. The first-order chi connectivity index (χ1) is 6.89. The molecule has 0 saturated carbocycles. The molecule has 0 spiro atoms. The molecule has 92 valence electrons. The molecule has 0 aliphatic carbocycles. The fourth-order valence-corrected chi connectivity index (χ4v) is 1.13. The lowest BCUT2D eigenvalue weighted by Gasteiger charge is -2.20. The van der Waals surface area contributed by atoms with Crippen LogP contribution >= 0.6 is 0 Å². The van der Waals surface area contributed by atoms with Gasteiger partial charge in [0, 0.05) is 26.7 Å². The molecule has 0 fully saturated rings. The monoisotopic (exact) mass is 228 g/mol. The molecule has 0 rings (SSSR count). The topological polar surface area (TPSA) is 38.5 Å². The highest BCUT2D eigenvalue weighted by Crippen LogP contribution is 2.19. The van der Waals surface area contributed by atoms with Gasteiger partial charge in [0.25, 0.3) is 0 Å². The van der Waals surface area contributed by atoms with Gasteiger partial charge in [-0.25, -0.2) is 0 Å². The average molecular weight is 228 g/mol. The largest absolute Gasteiger partial charge is 0.390 e. The minimum Gasteiger partial charge on any atom is -0.380 e. The molecule has 0 aliphatic rings. The molecule has 0 radical (unpaired) electrons. The summed E-state index contributed by atoms with van der Waals surface area (Å²) in [5, 5.41) is 0. The molecule has 1 unspecified atom stereocenters. The molecule has 0 aromatic heterocycles. The number of halogens is 3. The van der Waals surface area contributed by atoms with Crippen LogP contribution in [0.3, 0.4) is 0 Å². The number of rotatable bonds is 7. The van der Waals surface area contributed by atoms with Crippen LogP contribution in [-0.2, 0) is 4.74 Å². The Morgan fingerprint density at radius 1 is 1.33 bits per heavy atom. The van der Waals surface area contributed by atoms with E-state index in [0.717, 1.165) is 0 Å². The second-order valence-electron chi connectivity index (χ2n) is 3.55. The van der Waals surface area contributed by atoms with E-state index in [9.17, 15) is 13.2 Å². The first-order valence-electron chi connectivity index (χ1n) is 4.87. The van der Waals surface area contributed by atoms with Crippen molar-refractivity contribution in [2.24, 2.45) is 5.73 Å². The van der Waals surface area contributed by atoms with Crippen molar-refractivity contribution in [3.05, 3.63) is 0 Å². The van der Waals surface area contributed by atoms with E-state index in [-0.39, 0.29) is 12.6 Å². The van der Waals surface area contributed by atoms with Crippen molar-refractivity contribution in [3.8, 4) is 0 Å². The van der Waals surface area contributed by atoms with Crippen molar-refractivity contribution < 1.29 is 17.9 Å². The number of hydrogen-bond donors (Lipinski definition) is 1. The highest BCUT2D eigenvalue weighted by Gasteiger charge is 2.27. The second-order valence-corrected chi connectivity index (χ2v) is 3.55. The first kappa shape index (κ1) is 14.7. The van der Waals surface area contributed by atoms with Crippen molar-refractivity contribution in [1.29, 1.82) is 0 Å². The fourth-order valence-electron chi connectivity index (χ4n) is 1.13. The standard InChI is InChI=1S/C9H19F3N2O/c1-14(6-4-9(10,11)12)5-3-8(7-13)15-2/h8H,3-7,13H2,1-2H3. The molecule has 0 aliphatic heterocycles. The van der Waals surface area contributed by atoms with Crippen molar-refractivity contribution in [1.82, 2.24) is 4.90 Å². The third-order valence-electron chi connectivity index (χ3n) is 2.21. The van der Waals surface area contributed by atoms with Crippen molar-refractivity contribution in [3.63, 3.8) is 0 Å². The molecule has 0 amide bonds. The fraction of sp³-hybridized carbons (Fsp3) is 1.00. The molecule has 0 bridgehead atoms. The summed E-state index contributed by atoms with van der Waals surface area (Å²) in [4.78, 5) is 1.63. The van der Waals surface area contributed by atoms with E-state index in [0.29, 0.717) is 19.5 Å². The zero-order valence-corrected chi connectivity index (χ0v) is 9.18. The molecule has 0 saturated heterocycles. The van der Waals surface area contributed by atoms with E-state index >= 15 is 0 Å². The van der Waals surface area contributed by atoms with Crippen LogP contribution in [0.15, 0.2) is 0 Å². The van der Waals surface area contributed by atoms with Crippen molar-refractivity contribution in [2.45, 2.75) is 25.1 Å². The molecule has 0 aromatic carbocycles. The Bertz CT molecular complexity index is 160. The quantitative estimate of drug-likeness (QED) is 0.712. The molecule has 2 N–H and O–H groups in total. The summed E-state index contributed by atoms with van der Waals surface area (Å²) in [5.41, 5.74) is 5.39. The predicted molar refractivity (Wildman–Crippen MR) is 52.6 cm³/mol. The van der Waals surface area contributed by atoms with Gasteiger partial charge in [0.2, 0.25) is 0 Å². The lowest BCUT2D eigenvalue weighted by molar-refractivity contribution is -0.137. The molecule has 0 heterocycles. The summed E-state index contributed by atoms with van der Waals surface area (Å²) < 4.78 is 40.6. The van der Waals surface area contributed by atoms with Gasteiger partial charge in [0.15, 0.2) is 0 Å². The van der Waals surface area contributed by atoms with Gasteiger partial charge in [0.1, 0.15) is 0 Å². The number of methoxy groups -OCH3 is 1. The van der Waals surface area contributed by atoms with Gasteiger partial charge >= 0.3 is 6.18 Å². The number of alkyl halides is 3. The summed E-state index contributed by atoms with van der Waals surface area (Å²) in [6.07, 6.45) is -4.27. The van der Waals surface area contributed by atoms with E-state index < -0.39 is 12.6 Å². The van der Waals surface area contributed by atoms with Crippen LogP contribution in [-0.4, -0.2) is 51.0 Å². The summed E-state index contributed by atoms with van der Waals surface area (Å²) in [7, 11) is 3.21. The molecule has 6 heteroatoms. The van der Waals surface area contributed by atoms with Crippen LogP contribution in [0.5, 0.6) is 0 Å². The van der Waals surface area contributed by atoms with Crippen LogP contribution < -0.4 is 5.73 Å². The Kier molecular flexibility index (Phi) is 6.87. The van der Waals surface area contributed by atoms with E-state index in [1.165, 1.54) is 0 Å². The Labute approximate surface area is 88.4 Å². The molecular weight excluding hydrogens is 209 g/mol. The van der Waals surface area contributed by atoms with Crippen molar-refractivity contribution >= 4 is 0 Å². The second kappa shape index (κ2) is 7.03. The van der Waals surface area contributed by atoms with E-state index in [1.807, 2.05) is 0 Å². The highest BCUT2D eigenvalue weighted by atomic mass is 19.4. The van der Waals surface area contributed by atoms with Crippen LogP contribution in [0.1, 0.15) is 12.8 Å². The van der Waals surface area contributed by atoms with Crippen LogP contribution in [0.2, 0.25) is 0 Å². The first-order valence-corrected chi connectivity index (χ1v) is 4.87. The maximum absolute atomic E-state index is 11.9. The summed E-state index contributed by atoms with van der Waals surface area (Å²) in [6.45, 7) is 0.972. The van der Waals surface area contributed by atoms with Crippen LogP contribution in [0.4, 0.5) is 13.2 Å². The summed E-state index contributed by atoms with van der Waals surface area (Å²) in [6, 6.07) is 0. The van der Waals surface area contributed by atoms with E-state index in [2.05, 4.69) is 0 Å².